The molecular formula is C9H11NO3S. The van der Waals surface area contributed by atoms with Gasteiger partial charge in [0.25, 0.3) is 0 Å². The molecule has 76 valence electrons. The molecule has 1 aromatic rings. The molecule has 0 fully saturated rings. The van der Waals surface area contributed by atoms with Crippen molar-refractivity contribution in [2.75, 3.05) is 13.7 Å². The summed E-state index contributed by atoms with van der Waals surface area (Å²) in [5, 5.41) is 13.1. The molecule has 0 saturated carbocycles. The Labute approximate surface area is 86.0 Å². The van der Waals surface area contributed by atoms with Crippen LogP contribution in [0.3, 0.4) is 0 Å². The fourth-order valence-corrected chi connectivity index (χ4v) is 1.52. The molecule has 0 N–H and O–H groups in total. The third kappa shape index (κ3) is 3.57. The molecule has 0 unspecified atom stereocenters. The van der Waals surface area contributed by atoms with Crippen LogP contribution in [0, 0.1) is 5.21 Å². The van der Waals surface area contributed by atoms with Gasteiger partial charge in [0.1, 0.15) is 6.42 Å². The van der Waals surface area contributed by atoms with Crippen LogP contribution in [0.5, 0.6) is 0 Å². The number of esters is 1. The van der Waals surface area contributed by atoms with Gasteiger partial charge < -0.3 is 9.94 Å². The van der Waals surface area contributed by atoms with Crippen molar-refractivity contribution in [3.63, 3.8) is 0 Å². The Kier molecular flexibility index (Phi) is 4.12. The van der Waals surface area contributed by atoms with Gasteiger partial charge in [0.05, 0.1) is 12.0 Å². The van der Waals surface area contributed by atoms with Gasteiger partial charge in [-0.05, 0) is 11.4 Å². The second-order valence-electron chi connectivity index (χ2n) is 2.61. The highest BCUT2D eigenvalue weighted by atomic mass is 32.1. The Morgan fingerprint density at radius 2 is 2.57 bits per heavy atom. The molecule has 0 radical (unpaired) electrons. The van der Waals surface area contributed by atoms with Crippen molar-refractivity contribution in [2.45, 2.75) is 6.42 Å². The van der Waals surface area contributed by atoms with E-state index < -0.39 is 0 Å². The standard InChI is InChI=1S/C9H11NO3S/c1-13-9(11)4-5-10(12)7-8-3-2-6-14-8/h2-3,6-7H,4-5H2,1H3/b10-7-. The van der Waals surface area contributed by atoms with E-state index in [4.69, 9.17) is 0 Å². The lowest BCUT2D eigenvalue weighted by atomic mass is 10.4. The van der Waals surface area contributed by atoms with E-state index >= 15 is 0 Å². The Balaban J connectivity index is 2.42. The number of hydrogen-bond donors (Lipinski definition) is 0. The van der Waals surface area contributed by atoms with Crippen molar-refractivity contribution in [3.8, 4) is 0 Å². The summed E-state index contributed by atoms with van der Waals surface area (Å²) >= 11 is 1.48. The van der Waals surface area contributed by atoms with Crippen LogP contribution < -0.4 is 0 Å². The minimum Gasteiger partial charge on any atom is -0.624 e. The molecule has 1 heterocycles. The van der Waals surface area contributed by atoms with Crippen LogP contribution in [0.2, 0.25) is 0 Å². The molecule has 0 aromatic carbocycles. The summed E-state index contributed by atoms with van der Waals surface area (Å²) in [7, 11) is 1.31. The average Bonchev–Trinajstić information content (AvgIpc) is 2.66. The van der Waals surface area contributed by atoms with Crippen molar-refractivity contribution in [1.29, 1.82) is 0 Å². The van der Waals surface area contributed by atoms with Crippen LogP contribution in [0.25, 0.3) is 0 Å². The smallest absolute Gasteiger partial charge is 0.311 e. The summed E-state index contributed by atoms with van der Waals surface area (Å²) < 4.78 is 5.16. The number of carbonyl (C=O) groups is 1. The van der Waals surface area contributed by atoms with Crippen LogP contribution in [0.4, 0.5) is 0 Å². The molecule has 0 saturated heterocycles. The second-order valence-corrected chi connectivity index (χ2v) is 3.59. The maximum atomic E-state index is 11.2. The number of thiophene rings is 1. The number of ether oxygens (including phenoxy) is 1. The predicted molar refractivity (Wildman–Crippen MR) is 54.6 cm³/mol. The van der Waals surface area contributed by atoms with Gasteiger partial charge in [-0.25, -0.2) is 4.74 Å². The van der Waals surface area contributed by atoms with Gasteiger partial charge >= 0.3 is 5.97 Å². The first-order valence-corrected chi connectivity index (χ1v) is 4.99. The van der Waals surface area contributed by atoms with E-state index in [-0.39, 0.29) is 18.9 Å². The zero-order chi connectivity index (χ0) is 10.4. The Bertz CT molecular complexity index is 319. The molecular weight excluding hydrogens is 202 g/mol. The van der Waals surface area contributed by atoms with Crippen LogP contribution in [-0.2, 0) is 9.53 Å². The first-order valence-electron chi connectivity index (χ1n) is 4.11. The lowest BCUT2D eigenvalue weighted by Crippen LogP contribution is -2.12. The van der Waals surface area contributed by atoms with Crippen LogP contribution in [-0.4, -0.2) is 30.6 Å². The van der Waals surface area contributed by atoms with Gasteiger partial charge in [-0.3, -0.25) is 4.79 Å². The lowest BCUT2D eigenvalue weighted by molar-refractivity contribution is -0.451. The normalized spacial score (nSPS) is 11.4. The van der Waals surface area contributed by atoms with Crippen molar-refractivity contribution >= 4 is 23.5 Å². The molecule has 5 heteroatoms. The predicted octanol–water partition coefficient (Wildman–Crippen LogP) is 1.24. The third-order valence-electron chi connectivity index (χ3n) is 1.58. The Hall–Kier alpha value is -1.36. The molecule has 0 atom stereocenters. The van der Waals surface area contributed by atoms with Gasteiger partial charge in [0.15, 0.2) is 12.8 Å². The van der Waals surface area contributed by atoms with Crippen molar-refractivity contribution < 1.29 is 14.3 Å². The molecule has 1 aromatic heterocycles. The third-order valence-corrected chi connectivity index (χ3v) is 2.39. The maximum absolute atomic E-state index is 11.2. The first kappa shape index (κ1) is 10.7. The van der Waals surface area contributed by atoms with E-state index in [1.54, 1.807) is 0 Å². The van der Waals surface area contributed by atoms with Gasteiger partial charge in [0.2, 0.25) is 0 Å². The number of hydroxylamine groups is 1. The number of nitrogens with zero attached hydrogens (tertiary/aromatic N) is 1. The number of rotatable bonds is 4. The van der Waals surface area contributed by atoms with Gasteiger partial charge in [-0.1, -0.05) is 6.07 Å². The largest absolute Gasteiger partial charge is 0.624 e. The number of carbonyl (C=O) groups excluding carboxylic acids is 1. The zero-order valence-electron chi connectivity index (χ0n) is 7.80. The number of methoxy groups -OCH3 is 1. The first-order chi connectivity index (χ1) is 6.72. The molecule has 0 bridgehead atoms. The summed E-state index contributed by atoms with van der Waals surface area (Å²) in [5.74, 6) is -0.370. The summed E-state index contributed by atoms with van der Waals surface area (Å²) in [6, 6.07) is 3.71. The van der Waals surface area contributed by atoms with Crippen LogP contribution >= 0.6 is 11.3 Å². The second kappa shape index (κ2) is 5.39. The minimum atomic E-state index is -0.370. The topological polar surface area (TPSA) is 52.4 Å². The van der Waals surface area contributed by atoms with Crippen LogP contribution in [0.15, 0.2) is 17.5 Å². The summed E-state index contributed by atoms with van der Waals surface area (Å²) in [4.78, 5) is 11.6. The number of hydrogen-bond acceptors (Lipinski definition) is 4. The highest BCUT2D eigenvalue weighted by Gasteiger charge is 2.03. The van der Waals surface area contributed by atoms with Gasteiger partial charge in [0, 0.05) is 0 Å². The van der Waals surface area contributed by atoms with Gasteiger partial charge in [-0.15, -0.1) is 11.3 Å². The van der Waals surface area contributed by atoms with E-state index in [1.165, 1.54) is 24.7 Å². The monoisotopic (exact) mass is 213 g/mol. The molecule has 0 aliphatic heterocycles. The highest BCUT2D eigenvalue weighted by molar-refractivity contribution is 7.11. The molecule has 0 amide bonds. The van der Waals surface area contributed by atoms with E-state index in [9.17, 15) is 10.0 Å². The van der Waals surface area contributed by atoms with E-state index in [2.05, 4.69) is 4.74 Å². The summed E-state index contributed by atoms with van der Waals surface area (Å²) in [6.45, 7) is 0.130. The SMILES string of the molecule is COC(=O)CC/[N+]([O-])=C/c1cccs1. The van der Waals surface area contributed by atoms with E-state index in [0.29, 0.717) is 0 Å². The summed E-state index contributed by atoms with van der Waals surface area (Å²) in [6.07, 6.45) is 1.58. The maximum Gasteiger partial charge on any atom is 0.311 e. The Morgan fingerprint density at radius 1 is 1.79 bits per heavy atom. The summed E-state index contributed by atoms with van der Waals surface area (Å²) in [5.41, 5.74) is 0. The molecule has 0 aliphatic rings. The molecule has 0 spiro atoms. The van der Waals surface area contributed by atoms with Crippen LogP contribution in [0.1, 0.15) is 11.3 Å². The highest BCUT2D eigenvalue weighted by Crippen LogP contribution is 2.04. The Morgan fingerprint density at radius 3 is 3.14 bits per heavy atom. The van der Waals surface area contributed by atoms with Crippen molar-refractivity contribution in [1.82, 2.24) is 0 Å². The quantitative estimate of drug-likeness (QED) is 0.248. The zero-order valence-corrected chi connectivity index (χ0v) is 8.62. The molecule has 4 nitrogen and oxygen atoms in total. The molecule has 14 heavy (non-hydrogen) atoms. The lowest BCUT2D eigenvalue weighted by Gasteiger charge is -2.01. The van der Waals surface area contributed by atoms with Crippen molar-refractivity contribution in [3.05, 3.63) is 27.6 Å². The molecule has 0 aliphatic carbocycles. The van der Waals surface area contributed by atoms with Crippen molar-refractivity contribution in [2.24, 2.45) is 0 Å². The molecule has 1 rings (SSSR count). The minimum absolute atomic E-state index is 0.113. The van der Waals surface area contributed by atoms with E-state index in [1.807, 2.05) is 17.5 Å². The fraction of sp³-hybridized carbons (Fsp3) is 0.333. The average molecular weight is 213 g/mol. The fourth-order valence-electron chi connectivity index (χ4n) is 0.875. The van der Waals surface area contributed by atoms with Gasteiger partial charge in [-0.2, -0.15) is 0 Å². The van der Waals surface area contributed by atoms with E-state index in [0.717, 1.165) is 9.62 Å².